The van der Waals surface area contributed by atoms with Crippen LogP contribution < -0.4 is 10.2 Å². The predicted molar refractivity (Wildman–Crippen MR) is 130 cm³/mol. The molecule has 0 bridgehead atoms. The third-order valence-corrected chi connectivity index (χ3v) is 5.40. The molecule has 0 fully saturated rings. The van der Waals surface area contributed by atoms with Gasteiger partial charge in [-0.15, -0.1) is 0 Å². The van der Waals surface area contributed by atoms with Crippen molar-refractivity contribution >= 4 is 46.1 Å². The molecule has 0 amide bonds. The first-order valence-corrected chi connectivity index (χ1v) is 10.5. The van der Waals surface area contributed by atoms with Crippen molar-refractivity contribution < 1.29 is 14.7 Å². The first-order chi connectivity index (χ1) is 15.9. The zero-order valence-corrected chi connectivity index (χ0v) is 18.5. The number of nitrogens with one attached hydrogen (secondary N) is 1. The lowest BCUT2D eigenvalue weighted by Crippen LogP contribution is -2.11. The molecule has 7 heteroatoms. The van der Waals surface area contributed by atoms with Gasteiger partial charge in [0.15, 0.2) is 0 Å². The summed E-state index contributed by atoms with van der Waals surface area (Å²) in [6, 6.07) is 24.6. The van der Waals surface area contributed by atoms with E-state index < -0.39 is 5.97 Å². The van der Waals surface area contributed by atoms with Crippen LogP contribution in [0.25, 0.3) is 0 Å². The quantitative estimate of drug-likeness (QED) is 0.323. The number of aromatic carboxylic acids is 1. The molecular weight excluding hydrogens is 438 g/mol. The number of carboxylic acid groups (broad SMARTS) is 1. The summed E-state index contributed by atoms with van der Waals surface area (Å²) in [6.45, 7) is 0. The van der Waals surface area contributed by atoms with Crippen LogP contribution in [0.4, 0.5) is 22.7 Å². The smallest absolute Gasteiger partial charge is 0.337 e. The van der Waals surface area contributed by atoms with Crippen molar-refractivity contribution in [2.75, 3.05) is 17.3 Å². The Morgan fingerprint density at radius 3 is 2.24 bits per heavy atom. The Kier molecular flexibility index (Phi) is 6.38. The van der Waals surface area contributed by atoms with Crippen molar-refractivity contribution in [1.29, 1.82) is 0 Å². The van der Waals surface area contributed by atoms with E-state index in [2.05, 4.69) is 10.3 Å². The number of benzene rings is 3. The number of anilines is 4. The Hall–Kier alpha value is -4.16. The molecule has 0 saturated heterocycles. The number of aromatic nitrogens is 1. The van der Waals surface area contributed by atoms with Gasteiger partial charge in [-0.1, -0.05) is 29.8 Å². The van der Waals surface area contributed by atoms with Crippen LogP contribution in [-0.4, -0.2) is 28.9 Å². The summed E-state index contributed by atoms with van der Waals surface area (Å²) in [5.74, 6) is -1.49. The highest BCUT2D eigenvalue weighted by Crippen LogP contribution is 2.26. The zero-order chi connectivity index (χ0) is 23.4. The number of rotatable bonds is 7. The normalized spacial score (nSPS) is 10.5. The molecular formula is C26H20ClN3O3. The van der Waals surface area contributed by atoms with E-state index in [1.165, 1.54) is 6.07 Å². The Labute approximate surface area is 196 Å². The summed E-state index contributed by atoms with van der Waals surface area (Å²) in [7, 11) is 1.89. The summed E-state index contributed by atoms with van der Waals surface area (Å²) in [5.41, 5.74) is 3.35. The highest BCUT2D eigenvalue weighted by molar-refractivity contribution is 6.30. The van der Waals surface area contributed by atoms with Crippen LogP contribution in [0.1, 0.15) is 26.4 Å². The molecule has 0 aliphatic rings. The fraction of sp³-hybridized carbons (Fsp3) is 0.0385. The number of ketones is 1. The average molecular weight is 458 g/mol. The monoisotopic (exact) mass is 457 g/mol. The van der Waals surface area contributed by atoms with Crippen LogP contribution in [0.2, 0.25) is 5.02 Å². The van der Waals surface area contributed by atoms with Gasteiger partial charge in [-0.3, -0.25) is 9.78 Å². The molecule has 6 nitrogen and oxygen atoms in total. The Bertz CT molecular complexity index is 1290. The lowest BCUT2D eigenvalue weighted by molar-refractivity contribution is 0.0698. The van der Waals surface area contributed by atoms with Gasteiger partial charge in [0.1, 0.15) is 5.69 Å². The fourth-order valence-electron chi connectivity index (χ4n) is 3.33. The van der Waals surface area contributed by atoms with Crippen LogP contribution in [0, 0.1) is 0 Å². The van der Waals surface area contributed by atoms with Gasteiger partial charge in [-0.05, 0) is 66.7 Å². The maximum atomic E-state index is 13.0. The molecule has 3 aromatic carbocycles. The van der Waals surface area contributed by atoms with E-state index in [9.17, 15) is 14.7 Å². The first-order valence-electron chi connectivity index (χ1n) is 10.1. The molecule has 4 rings (SSSR count). The molecule has 0 saturated carbocycles. The number of carbonyl (C=O) groups excluding carboxylic acids is 1. The van der Waals surface area contributed by atoms with E-state index >= 15 is 0 Å². The van der Waals surface area contributed by atoms with Crippen molar-refractivity contribution in [3.8, 4) is 0 Å². The third kappa shape index (κ3) is 5.02. The van der Waals surface area contributed by atoms with Gasteiger partial charge in [-0.2, -0.15) is 0 Å². The molecule has 164 valence electrons. The average Bonchev–Trinajstić information content (AvgIpc) is 2.84. The summed E-state index contributed by atoms with van der Waals surface area (Å²) < 4.78 is 0. The largest absolute Gasteiger partial charge is 0.478 e. The van der Waals surface area contributed by atoms with Crippen molar-refractivity contribution in [1.82, 2.24) is 4.98 Å². The van der Waals surface area contributed by atoms with E-state index in [-0.39, 0.29) is 22.6 Å². The van der Waals surface area contributed by atoms with E-state index in [4.69, 9.17) is 11.6 Å². The first kappa shape index (κ1) is 22.0. The number of carbonyl (C=O) groups is 2. The topological polar surface area (TPSA) is 82.5 Å². The standard InChI is InChI=1S/C26H20ClN3O3/c1-30(20-10-8-18(27)9-11-20)21-12-14-24(28-16-21)25(31)17-7-13-23(22(15-17)26(32)33)29-19-5-3-2-4-6-19/h2-16,29H,1H3,(H,32,33). The number of para-hydroxylation sites is 1. The summed E-state index contributed by atoms with van der Waals surface area (Å²) in [4.78, 5) is 31.0. The van der Waals surface area contributed by atoms with Crippen LogP contribution in [0.15, 0.2) is 91.1 Å². The fourth-order valence-corrected chi connectivity index (χ4v) is 3.45. The highest BCUT2D eigenvalue weighted by atomic mass is 35.5. The molecule has 0 atom stereocenters. The highest BCUT2D eigenvalue weighted by Gasteiger charge is 2.17. The van der Waals surface area contributed by atoms with Gasteiger partial charge in [0, 0.05) is 29.0 Å². The SMILES string of the molecule is CN(c1ccc(Cl)cc1)c1ccc(C(=O)c2ccc(Nc3ccccc3)c(C(=O)O)c2)nc1. The number of halogens is 1. The molecule has 1 aromatic heterocycles. The Morgan fingerprint density at radius 1 is 0.909 bits per heavy atom. The van der Waals surface area contributed by atoms with Crippen LogP contribution in [-0.2, 0) is 0 Å². The van der Waals surface area contributed by atoms with Crippen LogP contribution in [0.3, 0.4) is 0 Å². The summed E-state index contributed by atoms with van der Waals surface area (Å²) in [5, 5.41) is 13.4. The Morgan fingerprint density at radius 2 is 1.61 bits per heavy atom. The molecule has 4 aromatic rings. The number of carboxylic acids is 1. The minimum absolute atomic E-state index is 0.00351. The second kappa shape index (κ2) is 9.54. The molecule has 1 heterocycles. The van der Waals surface area contributed by atoms with Crippen molar-refractivity contribution in [2.24, 2.45) is 0 Å². The van der Waals surface area contributed by atoms with Crippen molar-refractivity contribution in [3.05, 3.63) is 113 Å². The summed E-state index contributed by atoms with van der Waals surface area (Å²) >= 11 is 5.95. The van der Waals surface area contributed by atoms with Gasteiger partial charge in [-0.25, -0.2) is 4.79 Å². The number of pyridine rings is 1. The molecule has 0 radical (unpaired) electrons. The maximum absolute atomic E-state index is 13.0. The molecule has 0 aliphatic carbocycles. The molecule has 2 N–H and O–H groups in total. The number of hydrogen-bond donors (Lipinski definition) is 2. The van der Waals surface area contributed by atoms with Gasteiger partial charge in [0.25, 0.3) is 0 Å². The summed E-state index contributed by atoms with van der Waals surface area (Å²) in [6.07, 6.45) is 1.60. The second-order valence-corrected chi connectivity index (χ2v) is 7.76. The van der Waals surface area contributed by atoms with Crippen molar-refractivity contribution in [2.45, 2.75) is 0 Å². The lowest BCUT2D eigenvalue weighted by Gasteiger charge is -2.19. The lowest BCUT2D eigenvalue weighted by atomic mass is 10.0. The Balaban J connectivity index is 1.56. The minimum atomic E-state index is -1.13. The maximum Gasteiger partial charge on any atom is 0.337 e. The van der Waals surface area contributed by atoms with Gasteiger partial charge in [0.05, 0.1) is 23.1 Å². The van der Waals surface area contributed by atoms with Crippen molar-refractivity contribution in [3.63, 3.8) is 0 Å². The van der Waals surface area contributed by atoms with E-state index in [0.717, 1.165) is 17.1 Å². The van der Waals surface area contributed by atoms with Crippen LogP contribution >= 0.6 is 11.6 Å². The molecule has 0 spiro atoms. The number of hydrogen-bond acceptors (Lipinski definition) is 5. The second-order valence-electron chi connectivity index (χ2n) is 7.32. The third-order valence-electron chi connectivity index (χ3n) is 5.15. The van der Waals surface area contributed by atoms with E-state index in [1.807, 2.05) is 54.4 Å². The minimum Gasteiger partial charge on any atom is -0.478 e. The number of nitrogens with zero attached hydrogens (tertiary/aromatic N) is 2. The zero-order valence-electron chi connectivity index (χ0n) is 17.7. The molecule has 33 heavy (non-hydrogen) atoms. The predicted octanol–water partition coefficient (Wildman–Crippen LogP) is 6.18. The molecule has 0 aliphatic heterocycles. The van der Waals surface area contributed by atoms with Gasteiger partial charge >= 0.3 is 5.97 Å². The van der Waals surface area contributed by atoms with Gasteiger partial charge < -0.3 is 15.3 Å². The van der Waals surface area contributed by atoms with Gasteiger partial charge in [0.2, 0.25) is 5.78 Å². The van der Waals surface area contributed by atoms with E-state index in [1.54, 1.807) is 42.6 Å². The molecule has 0 unspecified atom stereocenters. The van der Waals surface area contributed by atoms with E-state index in [0.29, 0.717) is 10.7 Å². The van der Waals surface area contributed by atoms with Crippen LogP contribution in [0.5, 0.6) is 0 Å².